The van der Waals surface area contributed by atoms with Crippen LogP contribution >= 0.6 is 0 Å². The van der Waals surface area contributed by atoms with Crippen LogP contribution in [0.5, 0.6) is 17.2 Å². The Balaban J connectivity index is 1.89. The fourth-order valence-corrected chi connectivity index (χ4v) is 3.20. The van der Waals surface area contributed by atoms with Crippen LogP contribution in [0, 0.1) is 5.92 Å². The summed E-state index contributed by atoms with van der Waals surface area (Å²) in [6.45, 7) is 2.17. The van der Waals surface area contributed by atoms with Gasteiger partial charge in [-0.15, -0.1) is 0 Å². The molecule has 2 aliphatic heterocycles. The van der Waals surface area contributed by atoms with Gasteiger partial charge in [-0.3, -0.25) is 0 Å². The second kappa shape index (κ2) is 4.17. The van der Waals surface area contributed by atoms with Crippen LogP contribution in [-0.4, -0.2) is 7.11 Å². The van der Waals surface area contributed by atoms with Crippen molar-refractivity contribution in [3.63, 3.8) is 0 Å². The lowest BCUT2D eigenvalue weighted by Crippen LogP contribution is -2.35. The van der Waals surface area contributed by atoms with Gasteiger partial charge in [0.15, 0.2) is 11.5 Å². The predicted molar refractivity (Wildman–Crippen MR) is 75.3 cm³/mol. The first-order valence-electron chi connectivity index (χ1n) is 6.88. The summed E-state index contributed by atoms with van der Waals surface area (Å²) in [6.07, 6.45) is 0.0440. The molecule has 2 aromatic rings. The Morgan fingerprint density at radius 1 is 0.900 bits per heavy atom. The molecule has 3 nitrogen and oxygen atoms in total. The van der Waals surface area contributed by atoms with Crippen molar-refractivity contribution in [2.24, 2.45) is 5.92 Å². The highest BCUT2D eigenvalue weighted by Crippen LogP contribution is 2.54. The lowest BCUT2D eigenvalue weighted by molar-refractivity contribution is -0.00450. The smallest absolute Gasteiger partial charge is 0.169 e. The SMILES string of the molecule is COc1cccc2c1O[C@H]1c3ccccc3O[C@@H]2[C@@H]1C. The van der Waals surface area contributed by atoms with Crippen LogP contribution in [0.1, 0.15) is 30.3 Å². The third-order valence-electron chi connectivity index (χ3n) is 4.22. The van der Waals surface area contributed by atoms with Gasteiger partial charge in [0.05, 0.1) is 7.11 Å². The second-order valence-corrected chi connectivity index (χ2v) is 5.35. The number of benzene rings is 2. The third-order valence-corrected chi connectivity index (χ3v) is 4.22. The summed E-state index contributed by atoms with van der Waals surface area (Å²) in [7, 11) is 1.67. The van der Waals surface area contributed by atoms with Gasteiger partial charge in [0.1, 0.15) is 18.0 Å². The lowest BCUT2D eigenvalue weighted by Gasteiger charge is -2.43. The highest BCUT2D eigenvalue weighted by atomic mass is 16.5. The number of fused-ring (bicyclic) bond motifs is 6. The van der Waals surface area contributed by atoms with Gasteiger partial charge < -0.3 is 14.2 Å². The van der Waals surface area contributed by atoms with Crippen LogP contribution in [0.15, 0.2) is 42.5 Å². The van der Waals surface area contributed by atoms with Crippen molar-refractivity contribution in [1.82, 2.24) is 0 Å². The fourth-order valence-electron chi connectivity index (χ4n) is 3.20. The van der Waals surface area contributed by atoms with E-state index in [1.165, 1.54) is 0 Å². The van der Waals surface area contributed by atoms with E-state index in [1.807, 2.05) is 30.3 Å². The van der Waals surface area contributed by atoms with Gasteiger partial charge in [0.25, 0.3) is 0 Å². The molecular weight excluding hydrogens is 252 g/mol. The molecule has 0 spiro atoms. The van der Waals surface area contributed by atoms with Crippen molar-refractivity contribution in [2.75, 3.05) is 7.11 Å². The molecule has 102 valence electrons. The number of hydrogen-bond donors (Lipinski definition) is 0. The average Bonchev–Trinajstić information content (AvgIpc) is 2.48. The molecule has 4 rings (SSSR count). The zero-order chi connectivity index (χ0) is 13.7. The molecule has 0 N–H and O–H groups in total. The summed E-state index contributed by atoms with van der Waals surface area (Å²) in [5.41, 5.74) is 2.19. The van der Waals surface area contributed by atoms with Crippen LogP contribution in [0.3, 0.4) is 0 Å². The summed E-state index contributed by atoms with van der Waals surface area (Å²) in [6, 6.07) is 14.1. The standard InChI is InChI=1S/C17H16O3/c1-10-15-11-6-3-4-8-13(11)19-16(10)12-7-5-9-14(18-2)17(12)20-15/h3-10,15-16H,1-2H3/t10-,15-,16-/m1/s1. The zero-order valence-corrected chi connectivity index (χ0v) is 11.5. The monoisotopic (exact) mass is 268 g/mol. The Morgan fingerprint density at radius 3 is 2.50 bits per heavy atom. The molecule has 3 heteroatoms. The van der Waals surface area contributed by atoms with Crippen molar-refractivity contribution < 1.29 is 14.2 Å². The van der Waals surface area contributed by atoms with Gasteiger partial charge in [0.2, 0.25) is 0 Å². The zero-order valence-electron chi connectivity index (χ0n) is 11.5. The average molecular weight is 268 g/mol. The van der Waals surface area contributed by atoms with Gasteiger partial charge in [-0.2, -0.15) is 0 Å². The normalized spacial score (nSPS) is 25.8. The largest absolute Gasteiger partial charge is 0.493 e. The lowest BCUT2D eigenvalue weighted by atomic mass is 9.83. The molecular formula is C17H16O3. The van der Waals surface area contributed by atoms with E-state index < -0.39 is 0 Å². The molecule has 0 aliphatic carbocycles. The molecule has 0 unspecified atom stereocenters. The first kappa shape index (κ1) is 11.6. The quantitative estimate of drug-likeness (QED) is 0.785. The highest BCUT2D eigenvalue weighted by molar-refractivity contribution is 5.52. The fraction of sp³-hybridized carbons (Fsp3) is 0.294. The number of methoxy groups -OCH3 is 1. The van der Waals surface area contributed by atoms with E-state index in [9.17, 15) is 0 Å². The van der Waals surface area contributed by atoms with Crippen LogP contribution < -0.4 is 14.2 Å². The van der Waals surface area contributed by atoms with Crippen molar-refractivity contribution in [3.05, 3.63) is 53.6 Å². The van der Waals surface area contributed by atoms with Gasteiger partial charge >= 0.3 is 0 Å². The Morgan fingerprint density at radius 2 is 1.65 bits per heavy atom. The molecule has 20 heavy (non-hydrogen) atoms. The summed E-state index contributed by atoms with van der Waals surface area (Å²) in [5.74, 6) is 2.79. The molecule has 0 saturated heterocycles. The highest BCUT2D eigenvalue weighted by Gasteiger charge is 2.43. The van der Waals surface area contributed by atoms with Crippen molar-refractivity contribution in [1.29, 1.82) is 0 Å². The molecule has 2 heterocycles. The Kier molecular flexibility index (Phi) is 2.43. The van der Waals surface area contributed by atoms with E-state index in [0.29, 0.717) is 0 Å². The van der Waals surface area contributed by atoms with Crippen LogP contribution in [0.2, 0.25) is 0 Å². The molecule has 0 saturated carbocycles. The minimum absolute atomic E-state index is 0.0220. The molecule has 3 atom stereocenters. The molecule has 0 amide bonds. The molecule has 2 aliphatic rings. The minimum atomic E-state index is 0.0220. The molecule has 0 fully saturated rings. The predicted octanol–water partition coefficient (Wildman–Crippen LogP) is 3.90. The molecule has 2 bridgehead atoms. The van der Waals surface area contributed by atoms with E-state index in [1.54, 1.807) is 7.11 Å². The maximum Gasteiger partial charge on any atom is 0.169 e. The molecule has 0 radical (unpaired) electrons. The maximum atomic E-state index is 6.26. The van der Waals surface area contributed by atoms with E-state index >= 15 is 0 Å². The summed E-state index contributed by atoms with van der Waals surface area (Å²) in [5, 5.41) is 0. The molecule has 0 aromatic heterocycles. The second-order valence-electron chi connectivity index (χ2n) is 5.35. The topological polar surface area (TPSA) is 27.7 Å². The van der Waals surface area contributed by atoms with E-state index in [-0.39, 0.29) is 18.1 Å². The summed E-state index contributed by atoms with van der Waals surface area (Å²) >= 11 is 0. The summed E-state index contributed by atoms with van der Waals surface area (Å²) < 4.78 is 17.9. The van der Waals surface area contributed by atoms with Gasteiger partial charge in [-0.1, -0.05) is 37.3 Å². The van der Waals surface area contributed by atoms with Crippen LogP contribution in [0.25, 0.3) is 0 Å². The van der Waals surface area contributed by atoms with Crippen LogP contribution in [-0.2, 0) is 0 Å². The first-order chi connectivity index (χ1) is 9.79. The Bertz CT molecular complexity index is 665. The van der Waals surface area contributed by atoms with Crippen molar-refractivity contribution >= 4 is 0 Å². The van der Waals surface area contributed by atoms with Crippen LogP contribution in [0.4, 0.5) is 0 Å². The van der Waals surface area contributed by atoms with Crippen molar-refractivity contribution in [3.8, 4) is 17.2 Å². The number of para-hydroxylation sites is 2. The Hall–Kier alpha value is -2.16. The maximum absolute atomic E-state index is 6.26. The first-order valence-corrected chi connectivity index (χ1v) is 6.88. The van der Waals surface area contributed by atoms with Gasteiger partial charge in [0, 0.05) is 17.0 Å². The van der Waals surface area contributed by atoms with Gasteiger partial charge in [-0.05, 0) is 12.1 Å². The van der Waals surface area contributed by atoms with Gasteiger partial charge in [-0.25, -0.2) is 0 Å². The molecule has 2 aromatic carbocycles. The number of hydrogen-bond acceptors (Lipinski definition) is 3. The number of ether oxygens (including phenoxy) is 3. The van der Waals surface area contributed by atoms with E-state index in [2.05, 4.69) is 19.1 Å². The Labute approximate surface area is 118 Å². The number of rotatable bonds is 1. The summed E-state index contributed by atoms with van der Waals surface area (Å²) in [4.78, 5) is 0. The van der Waals surface area contributed by atoms with Crippen molar-refractivity contribution in [2.45, 2.75) is 19.1 Å². The van der Waals surface area contributed by atoms with E-state index in [0.717, 1.165) is 28.4 Å². The minimum Gasteiger partial charge on any atom is -0.493 e. The van der Waals surface area contributed by atoms with E-state index in [4.69, 9.17) is 14.2 Å². The third kappa shape index (κ3) is 1.46.